The lowest BCUT2D eigenvalue weighted by molar-refractivity contribution is -0.130. The van der Waals surface area contributed by atoms with E-state index in [9.17, 15) is 15.0 Å². The number of rotatable bonds is 4. The van der Waals surface area contributed by atoms with Crippen LogP contribution in [0, 0.1) is 0 Å². The van der Waals surface area contributed by atoms with E-state index in [-0.39, 0.29) is 19.0 Å². The van der Waals surface area contributed by atoms with E-state index < -0.39 is 12.2 Å². The fraction of sp³-hybridized carbons (Fsp3) is 0.500. The van der Waals surface area contributed by atoms with Crippen molar-refractivity contribution in [2.24, 2.45) is 0 Å². The fourth-order valence-corrected chi connectivity index (χ4v) is 2.17. The number of hydrogen-bond acceptors (Lipinski definition) is 4. The number of carbonyl (C=O) groups excluding carboxylic acids is 1. The molecular weight excluding hydrogens is 246 g/mol. The Morgan fingerprint density at radius 1 is 1.26 bits per heavy atom. The summed E-state index contributed by atoms with van der Waals surface area (Å²) in [5.74, 6) is 0.757. The summed E-state index contributed by atoms with van der Waals surface area (Å²) < 4.78 is 5.07. The molecular formula is C14H19NO4. The number of hydrogen-bond donors (Lipinski definition) is 2. The van der Waals surface area contributed by atoms with E-state index in [0.717, 1.165) is 11.3 Å². The second-order valence-corrected chi connectivity index (χ2v) is 4.78. The van der Waals surface area contributed by atoms with Crippen LogP contribution in [-0.4, -0.2) is 53.4 Å². The van der Waals surface area contributed by atoms with Gasteiger partial charge < -0.3 is 19.8 Å². The van der Waals surface area contributed by atoms with E-state index in [0.29, 0.717) is 12.8 Å². The number of aliphatic hydroxyl groups is 2. The number of aryl methyl sites for hydroxylation is 1. The highest BCUT2D eigenvalue weighted by Crippen LogP contribution is 2.15. The molecule has 5 nitrogen and oxygen atoms in total. The number of amides is 1. The van der Waals surface area contributed by atoms with Crippen LogP contribution in [-0.2, 0) is 11.2 Å². The van der Waals surface area contributed by atoms with Crippen molar-refractivity contribution >= 4 is 5.91 Å². The molecule has 0 radical (unpaired) electrons. The summed E-state index contributed by atoms with van der Waals surface area (Å²) in [6.45, 7) is 0.450. The summed E-state index contributed by atoms with van der Waals surface area (Å²) in [4.78, 5) is 13.4. The smallest absolute Gasteiger partial charge is 0.223 e. The van der Waals surface area contributed by atoms with Gasteiger partial charge in [-0.15, -0.1) is 0 Å². The third-order valence-electron chi connectivity index (χ3n) is 3.40. The van der Waals surface area contributed by atoms with Gasteiger partial charge in [-0.2, -0.15) is 0 Å². The van der Waals surface area contributed by atoms with Crippen LogP contribution in [0.25, 0.3) is 0 Å². The zero-order valence-electron chi connectivity index (χ0n) is 11.0. The van der Waals surface area contributed by atoms with Crippen LogP contribution < -0.4 is 4.74 Å². The molecule has 1 fully saturated rings. The van der Waals surface area contributed by atoms with Gasteiger partial charge in [0.1, 0.15) is 5.75 Å². The standard InChI is InChI=1S/C14H19NO4/c1-19-11-5-2-10(3-6-11)4-7-14(18)15-8-12(16)13(17)9-15/h2-3,5-6,12-13,16-17H,4,7-9H2,1H3/t12-,13+. The Kier molecular flexibility index (Phi) is 4.39. The molecule has 2 rings (SSSR count). The topological polar surface area (TPSA) is 70.0 Å². The van der Waals surface area contributed by atoms with Gasteiger partial charge in [0, 0.05) is 19.5 Å². The monoisotopic (exact) mass is 265 g/mol. The molecule has 1 aromatic rings. The van der Waals surface area contributed by atoms with Gasteiger partial charge in [-0.25, -0.2) is 0 Å². The lowest BCUT2D eigenvalue weighted by Gasteiger charge is -2.15. The maximum Gasteiger partial charge on any atom is 0.223 e. The summed E-state index contributed by atoms with van der Waals surface area (Å²) in [6.07, 6.45) is -0.605. The summed E-state index contributed by atoms with van der Waals surface area (Å²) >= 11 is 0. The number of aliphatic hydroxyl groups excluding tert-OH is 2. The minimum atomic E-state index is -0.815. The van der Waals surface area contributed by atoms with Crippen LogP contribution in [0.4, 0.5) is 0 Å². The van der Waals surface area contributed by atoms with E-state index in [1.165, 1.54) is 4.90 Å². The van der Waals surface area contributed by atoms with Crippen molar-refractivity contribution in [1.29, 1.82) is 0 Å². The minimum absolute atomic E-state index is 0.0357. The van der Waals surface area contributed by atoms with E-state index >= 15 is 0 Å². The molecule has 0 aromatic heterocycles. The van der Waals surface area contributed by atoms with Gasteiger partial charge in [-0.3, -0.25) is 4.79 Å². The maximum atomic E-state index is 11.9. The van der Waals surface area contributed by atoms with Crippen LogP contribution in [0.5, 0.6) is 5.75 Å². The number of ether oxygens (including phenoxy) is 1. The molecule has 0 unspecified atom stereocenters. The molecule has 1 aliphatic rings. The first-order chi connectivity index (χ1) is 9.10. The molecule has 1 aliphatic heterocycles. The summed E-state index contributed by atoms with van der Waals surface area (Å²) in [5, 5.41) is 18.8. The molecule has 0 spiro atoms. The molecule has 2 N–H and O–H groups in total. The third kappa shape index (κ3) is 3.45. The molecule has 1 amide bonds. The normalized spacial score (nSPS) is 22.6. The van der Waals surface area contributed by atoms with Crippen molar-refractivity contribution in [3.8, 4) is 5.75 Å². The predicted octanol–water partition coefficient (Wildman–Crippen LogP) is 0.192. The van der Waals surface area contributed by atoms with Crippen LogP contribution in [0.3, 0.4) is 0 Å². The van der Waals surface area contributed by atoms with Gasteiger partial charge in [0.05, 0.1) is 19.3 Å². The van der Waals surface area contributed by atoms with Gasteiger partial charge >= 0.3 is 0 Å². The largest absolute Gasteiger partial charge is 0.497 e. The Hall–Kier alpha value is -1.59. The molecule has 0 aliphatic carbocycles. The van der Waals surface area contributed by atoms with Gasteiger partial charge in [-0.1, -0.05) is 12.1 Å². The molecule has 19 heavy (non-hydrogen) atoms. The fourth-order valence-electron chi connectivity index (χ4n) is 2.17. The van der Waals surface area contributed by atoms with Gasteiger partial charge in [0.2, 0.25) is 5.91 Å². The Balaban J connectivity index is 1.83. The van der Waals surface area contributed by atoms with Crippen molar-refractivity contribution in [1.82, 2.24) is 4.90 Å². The summed E-state index contributed by atoms with van der Waals surface area (Å²) in [7, 11) is 1.61. The quantitative estimate of drug-likeness (QED) is 0.815. The molecule has 1 heterocycles. The maximum absolute atomic E-state index is 11.9. The number of carbonyl (C=O) groups is 1. The Morgan fingerprint density at radius 3 is 2.37 bits per heavy atom. The number of methoxy groups -OCH3 is 1. The van der Waals surface area contributed by atoms with E-state index in [1.54, 1.807) is 7.11 Å². The second kappa shape index (κ2) is 6.04. The number of benzene rings is 1. The van der Waals surface area contributed by atoms with Crippen LogP contribution >= 0.6 is 0 Å². The summed E-state index contributed by atoms with van der Waals surface area (Å²) in [6, 6.07) is 7.59. The van der Waals surface area contributed by atoms with Crippen molar-refractivity contribution < 1.29 is 19.7 Å². The van der Waals surface area contributed by atoms with Gasteiger partial charge in [0.25, 0.3) is 0 Å². The lowest BCUT2D eigenvalue weighted by Crippen LogP contribution is -2.29. The highest BCUT2D eigenvalue weighted by molar-refractivity contribution is 5.76. The van der Waals surface area contributed by atoms with Crippen molar-refractivity contribution in [2.45, 2.75) is 25.0 Å². The molecule has 5 heteroatoms. The van der Waals surface area contributed by atoms with Crippen molar-refractivity contribution in [3.63, 3.8) is 0 Å². The first kappa shape index (κ1) is 13.8. The Labute approximate surface area is 112 Å². The lowest BCUT2D eigenvalue weighted by atomic mass is 10.1. The Bertz CT molecular complexity index is 422. The number of β-amino-alcohol motifs (C(OH)–C–C–N with tert-alkyl or cyclic N) is 2. The molecule has 1 aromatic carbocycles. The third-order valence-corrected chi connectivity index (χ3v) is 3.40. The van der Waals surface area contributed by atoms with E-state index in [4.69, 9.17) is 4.74 Å². The van der Waals surface area contributed by atoms with Crippen molar-refractivity contribution in [3.05, 3.63) is 29.8 Å². The average Bonchev–Trinajstić information content (AvgIpc) is 2.77. The van der Waals surface area contributed by atoms with Crippen LogP contribution in [0.2, 0.25) is 0 Å². The average molecular weight is 265 g/mol. The van der Waals surface area contributed by atoms with Gasteiger partial charge in [-0.05, 0) is 24.1 Å². The first-order valence-corrected chi connectivity index (χ1v) is 6.37. The molecule has 0 bridgehead atoms. The van der Waals surface area contributed by atoms with Crippen molar-refractivity contribution in [2.75, 3.05) is 20.2 Å². The predicted molar refractivity (Wildman–Crippen MR) is 69.9 cm³/mol. The number of likely N-dealkylation sites (tertiary alicyclic amines) is 1. The second-order valence-electron chi connectivity index (χ2n) is 4.78. The van der Waals surface area contributed by atoms with Crippen LogP contribution in [0.1, 0.15) is 12.0 Å². The zero-order valence-corrected chi connectivity index (χ0v) is 11.0. The highest BCUT2D eigenvalue weighted by Gasteiger charge is 2.31. The molecule has 2 atom stereocenters. The Morgan fingerprint density at radius 2 is 1.84 bits per heavy atom. The minimum Gasteiger partial charge on any atom is -0.497 e. The van der Waals surface area contributed by atoms with Gasteiger partial charge in [0.15, 0.2) is 0 Å². The van der Waals surface area contributed by atoms with Crippen LogP contribution in [0.15, 0.2) is 24.3 Å². The first-order valence-electron chi connectivity index (χ1n) is 6.37. The number of nitrogens with zero attached hydrogens (tertiary/aromatic N) is 1. The summed E-state index contributed by atoms with van der Waals surface area (Å²) in [5.41, 5.74) is 1.06. The highest BCUT2D eigenvalue weighted by atomic mass is 16.5. The van der Waals surface area contributed by atoms with E-state index in [2.05, 4.69) is 0 Å². The molecule has 104 valence electrons. The SMILES string of the molecule is COc1ccc(CCC(=O)N2C[C@@H](O)[C@@H](O)C2)cc1. The van der Waals surface area contributed by atoms with E-state index in [1.807, 2.05) is 24.3 Å². The molecule has 1 saturated heterocycles. The zero-order chi connectivity index (χ0) is 13.8. The molecule has 0 saturated carbocycles.